The van der Waals surface area contributed by atoms with Gasteiger partial charge < -0.3 is 10.6 Å². The van der Waals surface area contributed by atoms with Crippen LogP contribution in [0.4, 0.5) is 5.13 Å². The second kappa shape index (κ2) is 11.0. The van der Waals surface area contributed by atoms with Gasteiger partial charge in [0.25, 0.3) is 0 Å². The van der Waals surface area contributed by atoms with Crippen molar-refractivity contribution >= 4 is 34.1 Å². The third kappa shape index (κ3) is 7.18. The summed E-state index contributed by atoms with van der Waals surface area (Å²) in [4.78, 5) is 12.5. The molecule has 2 aromatic carbocycles. The standard InChI is InChI=1S/C22H26N4OS2/c1-16(2)13-19(18-11-7-4-8-12-18)24-20(27)15-28-22-26-25-21(29-22)23-14-17-9-5-3-6-10-17/h3-12,16,19H,13-15H2,1-2H3,(H,23,25)(H,24,27). The van der Waals surface area contributed by atoms with Gasteiger partial charge in [-0.05, 0) is 23.5 Å². The van der Waals surface area contributed by atoms with Gasteiger partial charge >= 0.3 is 0 Å². The first kappa shape index (κ1) is 21.3. The predicted octanol–water partition coefficient (Wildman–Crippen LogP) is 5.15. The van der Waals surface area contributed by atoms with Crippen LogP contribution in [0.5, 0.6) is 0 Å². The summed E-state index contributed by atoms with van der Waals surface area (Å²) in [6.45, 7) is 5.04. The molecule has 0 aliphatic heterocycles. The summed E-state index contributed by atoms with van der Waals surface area (Å²) < 4.78 is 0.788. The van der Waals surface area contributed by atoms with Crippen molar-refractivity contribution in [3.05, 3.63) is 71.8 Å². The summed E-state index contributed by atoms with van der Waals surface area (Å²) in [5.41, 5.74) is 2.33. The highest BCUT2D eigenvalue weighted by Gasteiger charge is 2.17. The number of nitrogens with one attached hydrogen (secondary N) is 2. The second-order valence-electron chi connectivity index (χ2n) is 7.16. The monoisotopic (exact) mass is 426 g/mol. The van der Waals surface area contributed by atoms with Crippen LogP contribution in [0.3, 0.4) is 0 Å². The van der Waals surface area contributed by atoms with Crippen molar-refractivity contribution in [3.63, 3.8) is 0 Å². The minimum Gasteiger partial charge on any atom is -0.356 e. The van der Waals surface area contributed by atoms with Crippen LogP contribution in [0.1, 0.15) is 37.4 Å². The number of aromatic nitrogens is 2. The maximum absolute atomic E-state index is 12.5. The van der Waals surface area contributed by atoms with Crippen molar-refractivity contribution in [2.24, 2.45) is 5.92 Å². The van der Waals surface area contributed by atoms with Crippen LogP contribution in [0.15, 0.2) is 65.0 Å². The van der Waals surface area contributed by atoms with E-state index in [4.69, 9.17) is 0 Å². The molecule has 29 heavy (non-hydrogen) atoms. The number of thioether (sulfide) groups is 1. The molecule has 0 saturated carbocycles. The SMILES string of the molecule is CC(C)CC(NC(=O)CSc1nnc(NCc2ccccc2)s1)c1ccccc1. The van der Waals surface area contributed by atoms with Crippen LogP contribution >= 0.6 is 23.1 Å². The van der Waals surface area contributed by atoms with E-state index >= 15 is 0 Å². The molecule has 0 bridgehead atoms. The molecule has 7 heteroatoms. The third-order valence-corrected chi connectivity index (χ3v) is 6.28. The van der Waals surface area contributed by atoms with Crippen molar-refractivity contribution in [3.8, 4) is 0 Å². The average Bonchev–Trinajstić information content (AvgIpc) is 3.19. The van der Waals surface area contributed by atoms with Gasteiger partial charge in [0, 0.05) is 6.54 Å². The van der Waals surface area contributed by atoms with Gasteiger partial charge in [0.1, 0.15) is 0 Å². The Kier molecular flexibility index (Phi) is 8.07. The molecule has 1 heterocycles. The highest BCUT2D eigenvalue weighted by atomic mass is 32.2. The Morgan fingerprint density at radius 3 is 2.41 bits per heavy atom. The van der Waals surface area contributed by atoms with Crippen molar-refractivity contribution in [1.82, 2.24) is 15.5 Å². The second-order valence-corrected chi connectivity index (χ2v) is 9.36. The molecule has 0 radical (unpaired) electrons. The molecular weight excluding hydrogens is 400 g/mol. The molecule has 3 rings (SSSR count). The van der Waals surface area contributed by atoms with Crippen LogP contribution < -0.4 is 10.6 Å². The molecule has 0 aliphatic carbocycles. The van der Waals surface area contributed by atoms with E-state index in [1.807, 2.05) is 36.4 Å². The van der Waals surface area contributed by atoms with Gasteiger partial charge in [-0.2, -0.15) is 0 Å². The van der Waals surface area contributed by atoms with E-state index in [9.17, 15) is 4.79 Å². The van der Waals surface area contributed by atoms with Crippen molar-refractivity contribution < 1.29 is 4.79 Å². The quantitative estimate of drug-likeness (QED) is 0.439. The number of anilines is 1. The summed E-state index contributed by atoms with van der Waals surface area (Å²) in [5, 5.41) is 15.5. The zero-order chi connectivity index (χ0) is 20.5. The van der Waals surface area contributed by atoms with Crippen molar-refractivity contribution in [1.29, 1.82) is 0 Å². The normalized spacial score (nSPS) is 12.0. The zero-order valence-corrected chi connectivity index (χ0v) is 18.3. The molecule has 1 aromatic heterocycles. The van der Waals surface area contributed by atoms with Gasteiger partial charge in [-0.1, -0.05) is 97.6 Å². The first-order chi connectivity index (χ1) is 14.1. The zero-order valence-electron chi connectivity index (χ0n) is 16.7. The number of hydrogen-bond acceptors (Lipinski definition) is 6. The molecule has 0 aliphatic rings. The topological polar surface area (TPSA) is 66.9 Å². The average molecular weight is 427 g/mol. The maximum Gasteiger partial charge on any atom is 0.230 e. The van der Waals surface area contributed by atoms with Gasteiger partial charge in [-0.15, -0.1) is 10.2 Å². The van der Waals surface area contributed by atoms with E-state index < -0.39 is 0 Å². The van der Waals surface area contributed by atoms with Crippen LogP contribution in [0, 0.1) is 5.92 Å². The minimum atomic E-state index is 0.0125. The number of carbonyl (C=O) groups excluding carboxylic acids is 1. The predicted molar refractivity (Wildman–Crippen MR) is 121 cm³/mol. The maximum atomic E-state index is 12.5. The molecule has 1 unspecified atom stereocenters. The van der Waals surface area contributed by atoms with Crippen LogP contribution in [0.2, 0.25) is 0 Å². The van der Waals surface area contributed by atoms with E-state index in [0.29, 0.717) is 18.2 Å². The number of rotatable bonds is 10. The van der Waals surface area contributed by atoms with E-state index in [1.165, 1.54) is 28.7 Å². The van der Waals surface area contributed by atoms with Gasteiger partial charge in [-0.3, -0.25) is 4.79 Å². The lowest BCUT2D eigenvalue weighted by atomic mass is 9.97. The lowest BCUT2D eigenvalue weighted by Gasteiger charge is -2.21. The fraction of sp³-hybridized carbons (Fsp3) is 0.318. The third-order valence-electron chi connectivity index (χ3n) is 4.26. The van der Waals surface area contributed by atoms with Crippen molar-refractivity contribution in [2.75, 3.05) is 11.1 Å². The van der Waals surface area contributed by atoms with Gasteiger partial charge in [0.2, 0.25) is 11.0 Å². The molecule has 152 valence electrons. The first-order valence-corrected chi connectivity index (χ1v) is 11.5. The lowest BCUT2D eigenvalue weighted by Crippen LogP contribution is -2.30. The van der Waals surface area contributed by atoms with Crippen LogP contribution in [0.25, 0.3) is 0 Å². The van der Waals surface area contributed by atoms with E-state index in [1.54, 1.807) is 0 Å². The fourth-order valence-electron chi connectivity index (χ4n) is 2.91. The Morgan fingerprint density at radius 1 is 1.03 bits per heavy atom. The molecule has 2 N–H and O–H groups in total. The highest BCUT2D eigenvalue weighted by Crippen LogP contribution is 2.26. The Morgan fingerprint density at radius 2 is 1.72 bits per heavy atom. The number of carbonyl (C=O) groups is 1. The lowest BCUT2D eigenvalue weighted by molar-refractivity contribution is -0.119. The van der Waals surface area contributed by atoms with Gasteiger partial charge in [0.15, 0.2) is 4.34 Å². The smallest absolute Gasteiger partial charge is 0.230 e. The Labute approximate surface area is 180 Å². The van der Waals surface area contributed by atoms with Gasteiger partial charge in [-0.25, -0.2) is 0 Å². The molecule has 3 aromatic rings. The van der Waals surface area contributed by atoms with E-state index in [0.717, 1.165) is 21.5 Å². The number of amides is 1. The molecule has 0 fully saturated rings. The molecular formula is C22H26N4OS2. The molecule has 0 saturated heterocycles. The Balaban J connectivity index is 1.49. The minimum absolute atomic E-state index is 0.0125. The van der Waals surface area contributed by atoms with E-state index in [-0.39, 0.29) is 11.9 Å². The fourth-order valence-corrected chi connectivity index (χ4v) is 4.47. The number of hydrogen-bond donors (Lipinski definition) is 2. The Bertz CT molecular complexity index is 884. The first-order valence-electron chi connectivity index (χ1n) is 9.68. The molecule has 1 atom stereocenters. The molecule has 5 nitrogen and oxygen atoms in total. The number of nitrogens with zero attached hydrogens (tertiary/aromatic N) is 2. The Hall–Kier alpha value is -2.38. The van der Waals surface area contributed by atoms with Crippen LogP contribution in [-0.4, -0.2) is 21.9 Å². The number of benzene rings is 2. The largest absolute Gasteiger partial charge is 0.356 e. The summed E-state index contributed by atoms with van der Waals surface area (Å²) in [7, 11) is 0. The highest BCUT2D eigenvalue weighted by molar-refractivity contribution is 8.01. The summed E-state index contributed by atoms with van der Waals surface area (Å²) in [6, 6.07) is 20.3. The summed E-state index contributed by atoms with van der Waals surface area (Å²) in [5.74, 6) is 0.836. The van der Waals surface area contributed by atoms with E-state index in [2.05, 4.69) is 58.9 Å². The summed E-state index contributed by atoms with van der Waals surface area (Å²) >= 11 is 2.89. The summed E-state index contributed by atoms with van der Waals surface area (Å²) in [6.07, 6.45) is 0.910. The molecule has 0 spiro atoms. The van der Waals surface area contributed by atoms with Crippen LogP contribution in [-0.2, 0) is 11.3 Å². The van der Waals surface area contributed by atoms with Gasteiger partial charge in [0.05, 0.1) is 11.8 Å². The molecule has 1 amide bonds. The van der Waals surface area contributed by atoms with Crippen molar-refractivity contribution in [2.45, 2.75) is 37.2 Å².